The lowest BCUT2D eigenvalue weighted by Gasteiger charge is -2.33. The number of aromatic nitrogens is 2. The standard InChI is InChI=1S/C23H22N4O3/c28-20-14-27(13-19(24-20)12-15-4-2-1-3-5-15)23(29)18-10-6-16(7-11-18)21-25-22(30-26-21)17-8-9-17/h1-7,10-11,17,19H,8-9,12-14H2,(H,24,28). The van der Waals surface area contributed by atoms with Crippen LogP contribution < -0.4 is 5.32 Å². The van der Waals surface area contributed by atoms with Crippen molar-refractivity contribution in [1.82, 2.24) is 20.4 Å². The van der Waals surface area contributed by atoms with E-state index in [0.29, 0.717) is 36.2 Å². The molecule has 2 aliphatic rings. The summed E-state index contributed by atoms with van der Waals surface area (Å²) < 4.78 is 5.31. The molecule has 7 heteroatoms. The first-order valence-corrected chi connectivity index (χ1v) is 10.2. The van der Waals surface area contributed by atoms with E-state index in [4.69, 9.17) is 4.52 Å². The number of nitrogens with one attached hydrogen (secondary N) is 1. The fourth-order valence-electron chi connectivity index (χ4n) is 3.78. The average Bonchev–Trinajstić information content (AvgIpc) is 3.50. The molecule has 1 aliphatic carbocycles. The molecular weight excluding hydrogens is 380 g/mol. The summed E-state index contributed by atoms with van der Waals surface area (Å²) in [6.45, 7) is 0.554. The predicted octanol–water partition coefficient (Wildman–Crippen LogP) is 2.80. The summed E-state index contributed by atoms with van der Waals surface area (Å²) in [4.78, 5) is 31.2. The van der Waals surface area contributed by atoms with Gasteiger partial charge in [0.05, 0.1) is 12.6 Å². The van der Waals surface area contributed by atoms with Crippen LogP contribution in [0.4, 0.5) is 0 Å². The number of hydrogen-bond donors (Lipinski definition) is 1. The van der Waals surface area contributed by atoms with Crippen molar-refractivity contribution in [3.63, 3.8) is 0 Å². The van der Waals surface area contributed by atoms with E-state index in [-0.39, 0.29) is 24.4 Å². The number of benzene rings is 2. The molecule has 0 radical (unpaired) electrons. The minimum absolute atomic E-state index is 0.0709. The Balaban J connectivity index is 1.27. The summed E-state index contributed by atoms with van der Waals surface area (Å²) in [5.74, 6) is 1.35. The SMILES string of the molecule is O=C1CN(C(=O)c2ccc(-c3noc(C4CC4)n3)cc2)CC(Cc2ccccc2)N1. The predicted molar refractivity (Wildman–Crippen MR) is 110 cm³/mol. The summed E-state index contributed by atoms with van der Waals surface area (Å²) in [7, 11) is 0. The Morgan fingerprint density at radius 3 is 2.60 bits per heavy atom. The van der Waals surface area contributed by atoms with E-state index in [1.54, 1.807) is 17.0 Å². The summed E-state index contributed by atoms with van der Waals surface area (Å²) in [5, 5.41) is 7.03. The summed E-state index contributed by atoms with van der Waals surface area (Å²) in [5.41, 5.74) is 2.48. The van der Waals surface area contributed by atoms with E-state index < -0.39 is 0 Å². The first-order valence-electron chi connectivity index (χ1n) is 10.2. The van der Waals surface area contributed by atoms with E-state index in [1.165, 1.54) is 0 Å². The molecule has 1 aliphatic heterocycles. The molecule has 0 bridgehead atoms. The first-order chi connectivity index (χ1) is 14.7. The third-order valence-electron chi connectivity index (χ3n) is 5.51. The highest BCUT2D eigenvalue weighted by Gasteiger charge is 2.30. The van der Waals surface area contributed by atoms with Gasteiger partial charge in [-0.15, -0.1) is 0 Å². The molecule has 1 N–H and O–H groups in total. The molecule has 3 aromatic rings. The van der Waals surface area contributed by atoms with Crippen molar-refractivity contribution >= 4 is 11.8 Å². The van der Waals surface area contributed by atoms with Gasteiger partial charge in [0.15, 0.2) is 0 Å². The molecule has 30 heavy (non-hydrogen) atoms. The second kappa shape index (κ2) is 7.74. The van der Waals surface area contributed by atoms with Gasteiger partial charge in [-0.1, -0.05) is 47.6 Å². The molecule has 2 amide bonds. The Bertz CT molecular complexity index is 1060. The van der Waals surface area contributed by atoms with Gasteiger partial charge in [0.1, 0.15) is 0 Å². The first kappa shape index (κ1) is 18.5. The highest BCUT2D eigenvalue weighted by atomic mass is 16.5. The van der Waals surface area contributed by atoms with Crippen LogP contribution in [0.3, 0.4) is 0 Å². The lowest BCUT2D eigenvalue weighted by molar-refractivity contribution is -0.124. The monoisotopic (exact) mass is 402 g/mol. The van der Waals surface area contributed by atoms with Crippen LogP contribution in [0.1, 0.15) is 40.6 Å². The van der Waals surface area contributed by atoms with Gasteiger partial charge in [0.2, 0.25) is 17.6 Å². The Morgan fingerprint density at radius 1 is 1.10 bits per heavy atom. The fraction of sp³-hybridized carbons (Fsp3) is 0.304. The maximum absolute atomic E-state index is 13.0. The second-order valence-corrected chi connectivity index (χ2v) is 7.95. The van der Waals surface area contributed by atoms with Crippen molar-refractivity contribution in [2.24, 2.45) is 0 Å². The van der Waals surface area contributed by atoms with Crippen LogP contribution in [0.15, 0.2) is 59.1 Å². The van der Waals surface area contributed by atoms with E-state index in [0.717, 1.165) is 24.0 Å². The van der Waals surface area contributed by atoms with Gasteiger partial charge in [-0.25, -0.2) is 0 Å². The highest BCUT2D eigenvalue weighted by molar-refractivity contribution is 5.97. The van der Waals surface area contributed by atoms with Crippen molar-refractivity contribution in [1.29, 1.82) is 0 Å². The molecule has 1 saturated carbocycles. The van der Waals surface area contributed by atoms with Crippen LogP contribution in [0.2, 0.25) is 0 Å². The van der Waals surface area contributed by atoms with Crippen molar-refractivity contribution in [2.45, 2.75) is 31.2 Å². The van der Waals surface area contributed by atoms with E-state index in [2.05, 4.69) is 15.5 Å². The van der Waals surface area contributed by atoms with Crippen LogP contribution in [0.25, 0.3) is 11.4 Å². The molecule has 0 spiro atoms. The van der Waals surface area contributed by atoms with Gasteiger partial charge in [0, 0.05) is 23.6 Å². The number of carbonyl (C=O) groups excluding carboxylic acids is 2. The van der Waals surface area contributed by atoms with E-state index in [1.807, 2.05) is 42.5 Å². The highest BCUT2D eigenvalue weighted by Crippen LogP contribution is 2.39. The van der Waals surface area contributed by atoms with Gasteiger partial charge in [-0.3, -0.25) is 9.59 Å². The molecule has 7 nitrogen and oxygen atoms in total. The van der Waals surface area contributed by atoms with E-state index in [9.17, 15) is 9.59 Å². The normalized spacial score (nSPS) is 18.9. The Hall–Kier alpha value is -3.48. The maximum Gasteiger partial charge on any atom is 0.254 e. The molecule has 1 aromatic heterocycles. The average molecular weight is 402 g/mol. The van der Waals surface area contributed by atoms with Crippen molar-refractivity contribution in [3.05, 3.63) is 71.6 Å². The molecule has 1 unspecified atom stereocenters. The topological polar surface area (TPSA) is 88.3 Å². The molecule has 1 saturated heterocycles. The minimum Gasteiger partial charge on any atom is -0.350 e. The summed E-state index contributed by atoms with van der Waals surface area (Å²) in [6.07, 6.45) is 2.89. The van der Waals surface area contributed by atoms with Crippen LogP contribution in [-0.4, -0.2) is 46.0 Å². The molecule has 1 atom stereocenters. The molecule has 152 valence electrons. The number of nitrogens with zero attached hydrogens (tertiary/aromatic N) is 3. The molecule has 2 aromatic carbocycles. The van der Waals surface area contributed by atoms with Gasteiger partial charge < -0.3 is 14.7 Å². The van der Waals surface area contributed by atoms with Crippen molar-refractivity contribution in [2.75, 3.05) is 13.1 Å². The molecular formula is C23H22N4O3. The Labute approximate surface area is 174 Å². The number of hydrogen-bond acceptors (Lipinski definition) is 5. The van der Waals surface area contributed by atoms with Crippen molar-refractivity contribution < 1.29 is 14.1 Å². The van der Waals surface area contributed by atoms with Gasteiger partial charge >= 0.3 is 0 Å². The Morgan fingerprint density at radius 2 is 1.87 bits per heavy atom. The molecule has 2 fully saturated rings. The number of piperazine rings is 1. The summed E-state index contributed by atoms with van der Waals surface area (Å²) >= 11 is 0. The van der Waals surface area contributed by atoms with Gasteiger partial charge in [0.25, 0.3) is 5.91 Å². The third-order valence-corrected chi connectivity index (χ3v) is 5.51. The number of amides is 2. The minimum atomic E-state index is -0.152. The second-order valence-electron chi connectivity index (χ2n) is 7.95. The number of rotatable bonds is 5. The van der Waals surface area contributed by atoms with Gasteiger partial charge in [-0.2, -0.15) is 4.98 Å². The number of carbonyl (C=O) groups is 2. The van der Waals surface area contributed by atoms with Crippen LogP contribution in [0.5, 0.6) is 0 Å². The smallest absolute Gasteiger partial charge is 0.254 e. The van der Waals surface area contributed by atoms with Gasteiger partial charge in [-0.05, 0) is 37.0 Å². The molecule has 2 heterocycles. The largest absolute Gasteiger partial charge is 0.350 e. The summed E-state index contributed by atoms with van der Waals surface area (Å²) in [6, 6.07) is 17.0. The van der Waals surface area contributed by atoms with E-state index >= 15 is 0 Å². The van der Waals surface area contributed by atoms with Crippen LogP contribution in [-0.2, 0) is 11.2 Å². The van der Waals surface area contributed by atoms with Crippen LogP contribution >= 0.6 is 0 Å². The van der Waals surface area contributed by atoms with Crippen LogP contribution in [0, 0.1) is 0 Å². The quantitative estimate of drug-likeness (QED) is 0.709. The lowest BCUT2D eigenvalue weighted by Crippen LogP contribution is -2.56. The zero-order chi connectivity index (χ0) is 20.5. The Kier molecular flexibility index (Phi) is 4.78. The van der Waals surface area contributed by atoms with Crippen molar-refractivity contribution in [3.8, 4) is 11.4 Å². The fourth-order valence-corrected chi connectivity index (χ4v) is 3.78. The molecule has 5 rings (SSSR count). The third kappa shape index (κ3) is 3.96. The zero-order valence-electron chi connectivity index (χ0n) is 16.5. The lowest BCUT2D eigenvalue weighted by atomic mass is 10.0. The zero-order valence-corrected chi connectivity index (χ0v) is 16.5. The maximum atomic E-state index is 13.0.